The van der Waals surface area contributed by atoms with E-state index in [2.05, 4.69) is 50.3 Å². The van der Waals surface area contributed by atoms with E-state index in [-0.39, 0.29) is 36.8 Å². The van der Waals surface area contributed by atoms with E-state index in [1.54, 1.807) is 11.4 Å². The molecule has 2 atom stereocenters. The Morgan fingerprint density at radius 1 is 1.19 bits per heavy atom. The van der Waals surface area contributed by atoms with Crippen molar-refractivity contribution in [3.8, 4) is 0 Å². The molecule has 160 valence electrons. The Bertz CT molecular complexity index is 1100. The summed E-state index contributed by atoms with van der Waals surface area (Å²) < 4.78 is 0.859. The van der Waals surface area contributed by atoms with Gasteiger partial charge in [-0.25, -0.2) is 4.98 Å². The van der Waals surface area contributed by atoms with Crippen molar-refractivity contribution in [1.29, 1.82) is 0 Å². The third-order valence-corrected chi connectivity index (χ3v) is 7.19. The molecule has 0 radical (unpaired) electrons. The van der Waals surface area contributed by atoms with Crippen LogP contribution in [0.1, 0.15) is 39.5 Å². The molecule has 4 rings (SSSR count). The second-order valence-corrected chi connectivity index (χ2v) is 9.48. The quantitative estimate of drug-likeness (QED) is 0.393. The van der Waals surface area contributed by atoms with E-state index in [9.17, 15) is 14.7 Å². The molecule has 2 unspecified atom stereocenters. The molecule has 1 aliphatic rings. The van der Waals surface area contributed by atoms with Crippen molar-refractivity contribution >= 4 is 50.9 Å². The SMILES string of the molecule is O=C(Cc1csc(NC(=O)c2ccccc2I)n1)NC(CO)C1CCc2ccccc21. The third-order valence-electron chi connectivity index (χ3n) is 5.44. The number of hydrogen-bond donors (Lipinski definition) is 3. The molecule has 1 heterocycles. The molecule has 0 bridgehead atoms. The van der Waals surface area contributed by atoms with E-state index in [4.69, 9.17) is 0 Å². The van der Waals surface area contributed by atoms with Gasteiger partial charge in [-0.15, -0.1) is 11.3 Å². The molecule has 31 heavy (non-hydrogen) atoms. The summed E-state index contributed by atoms with van der Waals surface area (Å²) in [5.74, 6) is -0.302. The van der Waals surface area contributed by atoms with Gasteiger partial charge in [-0.3, -0.25) is 14.9 Å². The van der Waals surface area contributed by atoms with Gasteiger partial charge in [0.25, 0.3) is 5.91 Å². The summed E-state index contributed by atoms with van der Waals surface area (Å²) in [5.41, 5.74) is 3.66. The summed E-state index contributed by atoms with van der Waals surface area (Å²) in [5, 5.41) is 17.9. The monoisotopic (exact) mass is 547 g/mol. The predicted molar refractivity (Wildman–Crippen MR) is 129 cm³/mol. The van der Waals surface area contributed by atoms with Gasteiger partial charge in [0, 0.05) is 14.9 Å². The summed E-state index contributed by atoms with van der Waals surface area (Å²) in [4.78, 5) is 29.4. The summed E-state index contributed by atoms with van der Waals surface area (Å²) in [7, 11) is 0. The highest BCUT2D eigenvalue weighted by atomic mass is 127. The lowest BCUT2D eigenvalue weighted by atomic mass is 9.93. The molecule has 0 saturated heterocycles. The lowest BCUT2D eigenvalue weighted by Gasteiger charge is -2.23. The number of halogens is 1. The molecule has 6 nitrogen and oxygen atoms in total. The molecule has 1 aliphatic carbocycles. The molecule has 0 fully saturated rings. The van der Waals surface area contributed by atoms with E-state index < -0.39 is 0 Å². The van der Waals surface area contributed by atoms with Crippen LogP contribution in [0.15, 0.2) is 53.9 Å². The number of fused-ring (bicyclic) bond motifs is 1. The highest BCUT2D eigenvalue weighted by Crippen LogP contribution is 2.35. The minimum atomic E-state index is -0.325. The molecule has 3 aromatic rings. The summed E-state index contributed by atoms with van der Waals surface area (Å²) in [6.07, 6.45) is 1.97. The number of rotatable bonds is 7. The number of hydrogen-bond acceptors (Lipinski definition) is 5. The zero-order chi connectivity index (χ0) is 21.8. The van der Waals surface area contributed by atoms with Gasteiger partial charge in [0.05, 0.1) is 30.3 Å². The number of nitrogens with zero attached hydrogens (tertiary/aromatic N) is 1. The van der Waals surface area contributed by atoms with Crippen LogP contribution in [0.4, 0.5) is 5.13 Å². The first-order valence-electron chi connectivity index (χ1n) is 10.0. The van der Waals surface area contributed by atoms with Crippen molar-refractivity contribution in [1.82, 2.24) is 10.3 Å². The molecule has 0 saturated carbocycles. The standard InChI is InChI=1S/C23H22IN3O3S/c24-19-8-4-3-7-18(19)22(30)27-23-25-15(13-31-23)11-21(29)26-20(12-28)17-10-9-14-5-1-2-6-16(14)17/h1-8,13,17,20,28H,9-12H2,(H,26,29)(H,25,27,30). The average molecular weight is 547 g/mol. The fourth-order valence-electron chi connectivity index (χ4n) is 3.96. The Morgan fingerprint density at radius 3 is 2.77 bits per heavy atom. The van der Waals surface area contributed by atoms with Gasteiger partial charge >= 0.3 is 0 Å². The largest absolute Gasteiger partial charge is 0.394 e. The zero-order valence-corrected chi connectivity index (χ0v) is 19.7. The predicted octanol–water partition coefficient (Wildman–Crippen LogP) is 3.75. The number of aliphatic hydroxyl groups is 1. The molecule has 2 amide bonds. The van der Waals surface area contributed by atoms with Crippen LogP contribution in [-0.2, 0) is 17.6 Å². The number of thiazole rings is 1. The molecular weight excluding hydrogens is 525 g/mol. The van der Waals surface area contributed by atoms with E-state index >= 15 is 0 Å². The molecule has 3 N–H and O–H groups in total. The van der Waals surface area contributed by atoms with Crippen LogP contribution in [0.2, 0.25) is 0 Å². The fourth-order valence-corrected chi connectivity index (χ4v) is 5.30. The third kappa shape index (κ3) is 5.13. The van der Waals surface area contributed by atoms with Crippen molar-refractivity contribution in [3.63, 3.8) is 0 Å². The number of aryl methyl sites for hydroxylation is 1. The molecule has 0 spiro atoms. The molecular formula is C23H22IN3O3S. The first-order valence-corrected chi connectivity index (χ1v) is 12.0. The maximum Gasteiger partial charge on any atom is 0.258 e. The van der Waals surface area contributed by atoms with Crippen molar-refractivity contribution in [2.75, 3.05) is 11.9 Å². The van der Waals surface area contributed by atoms with Crippen LogP contribution in [-0.4, -0.2) is 34.6 Å². The van der Waals surface area contributed by atoms with Crippen LogP contribution in [0, 0.1) is 3.57 Å². The number of amides is 2. The number of aromatic nitrogens is 1. The first-order chi connectivity index (χ1) is 15.0. The average Bonchev–Trinajstić information content (AvgIpc) is 3.39. The van der Waals surface area contributed by atoms with E-state index in [1.165, 1.54) is 22.5 Å². The van der Waals surface area contributed by atoms with E-state index in [0.717, 1.165) is 16.4 Å². The second-order valence-electron chi connectivity index (χ2n) is 7.46. The number of carbonyl (C=O) groups excluding carboxylic acids is 2. The highest BCUT2D eigenvalue weighted by molar-refractivity contribution is 14.1. The van der Waals surface area contributed by atoms with Crippen LogP contribution >= 0.6 is 33.9 Å². The summed E-state index contributed by atoms with van der Waals surface area (Å²) in [6, 6.07) is 15.2. The van der Waals surface area contributed by atoms with E-state index in [1.807, 2.05) is 30.3 Å². The minimum absolute atomic E-state index is 0.0973. The van der Waals surface area contributed by atoms with Gasteiger partial charge in [-0.2, -0.15) is 0 Å². The van der Waals surface area contributed by atoms with Gasteiger partial charge in [0.1, 0.15) is 0 Å². The summed E-state index contributed by atoms with van der Waals surface area (Å²) >= 11 is 3.41. The van der Waals surface area contributed by atoms with Crippen molar-refractivity contribution in [2.45, 2.75) is 31.2 Å². The fraction of sp³-hybridized carbons (Fsp3) is 0.261. The molecule has 0 aliphatic heterocycles. The lowest BCUT2D eigenvalue weighted by Crippen LogP contribution is -2.42. The van der Waals surface area contributed by atoms with Crippen molar-refractivity contribution < 1.29 is 14.7 Å². The Kier molecular flexibility index (Phi) is 6.99. The number of carbonyl (C=O) groups is 2. The number of benzene rings is 2. The second kappa shape index (κ2) is 9.88. The van der Waals surface area contributed by atoms with Crippen LogP contribution in [0.3, 0.4) is 0 Å². The number of nitrogens with one attached hydrogen (secondary N) is 2. The molecule has 8 heteroatoms. The van der Waals surface area contributed by atoms with Gasteiger partial charge in [-0.05, 0) is 58.7 Å². The summed E-state index contributed by atoms with van der Waals surface area (Å²) in [6.45, 7) is -0.112. The first kappa shape index (κ1) is 21.9. The Balaban J connectivity index is 1.36. The minimum Gasteiger partial charge on any atom is -0.394 e. The van der Waals surface area contributed by atoms with Gasteiger partial charge in [-0.1, -0.05) is 36.4 Å². The van der Waals surface area contributed by atoms with Gasteiger partial charge < -0.3 is 10.4 Å². The Morgan fingerprint density at radius 2 is 1.97 bits per heavy atom. The normalized spacial score (nSPS) is 15.9. The highest BCUT2D eigenvalue weighted by Gasteiger charge is 2.30. The molecule has 1 aromatic heterocycles. The van der Waals surface area contributed by atoms with Crippen LogP contribution < -0.4 is 10.6 Å². The maximum absolute atomic E-state index is 12.6. The van der Waals surface area contributed by atoms with Crippen molar-refractivity contribution in [2.24, 2.45) is 0 Å². The number of anilines is 1. The van der Waals surface area contributed by atoms with Crippen LogP contribution in [0.5, 0.6) is 0 Å². The lowest BCUT2D eigenvalue weighted by molar-refractivity contribution is -0.121. The van der Waals surface area contributed by atoms with Crippen LogP contribution in [0.25, 0.3) is 0 Å². The smallest absolute Gasteiger partial charge is 0.258 e. The van der Waals surface area contributed by atoms with Crippen molar-refractivity contribution in [3.05, 3.63) is 79.9 Å². The Labute approximate surface area is 198 Å². The van der Waals surface area contributed by atoms with Gasteiger partial charge in [0.2, 0.25) is 5.91 Å². The zero-order valence-electron chi connectivity index (χ0n) is 16.7. The number of aliphatic hydroxyl groups excluding tert-OH is 1. The maximum atomic E-state index is 12.6. The van der Waals surface area contributed by atoms with Gasteiger partial charge in [0.15, 0.2) is 5.13 Å². The van der Waals surface area contributed by atoms with E-state index in [0.29, 0.717) is 16.4 Å². The topological polar surface area (TPSA) is 91.3 Å². The Hall–Kier alpha value is -2.30. The molecule has 2 aromatic carbocycles.